The molecule has 0 spiro atoms. The van der Waals surface area contributed by atoms with Crippen molar-refractivity contribution in [2.75, 3.05) is 18.9 Å². The van der Waals surface area contributed by atoms with Crippen LogP contribution in [0.5, 0.6) is 0 Å². The molecule has 2 rings (SSSR count). The Balaban J connectivity index is 1.94. The lowest BCUT2D eigenvalue weighted by atomic mass is 10.4. The standard InChI is InChI=1S/C12H18N4O3/c1-2-19-12(18)8-16(10-3-4-10)11(17)7-15-6-9(13)5-14-15/h5-6,10H,2-4,7-8,13H2,1H3. The maximum atomic E-state index is 12.2. The lowest BCUT2D eigenvalue weighted by molar-refractivity contribution is -0.149. The molecule has 2 N–H and O–H groups in total. The van der Waals surface area contributed by atoms with E-state index in [1.54, 1.807) is 18.0 Å². The zero-order chi connectivity index (χ0) is 13.8. The minimum Gasteiger partial charge on any atom is -0.465 e. The highest BCUT2D eigenvalue weighted by molar-refractivity contribution is 5.82. The van der Waals surface area contributed by atoms with Gasteiger partial charge in [0.25, 0.3) is 0 Å². The molecule has 1 heterocycles. The van der Waals surface area contributed by atoms with E-state index in [-0.39, 0.29) is 31.0 Å². The first-order valence-corrected chi connectivity index (χ1v) is 6.33. The minimum atomic E-state index is -0.372. The van der Waals surface area contributed by atoms with E-state index in [1.165, 1.54) is 10.9 Å². The number of nitrogens with zero attached hydrogens (tertiary/aromatic N) is 3. The van der Waals surface area contributed by atoms with Gasteiger partial charge in [0.1, 0.15) is 13.1 Å². The minimum absolute atomic E-state index is 0.00803. The smallest absolute Gasteiger partial charge is 0.325 e. The molecule has 0 aromatic carbocycles. The molecule has 7 heteroatoms. The highest BCUT2D eigenvalue weighted by Crippen LogP contribution is 2.27. The van der Waals surface area contributed by atoms with E-state index in [9.17, 15) is 9.59 Å². The summed E-state index contributed by atoms with van der Waals surface area (Å²) in [6.07, 6.45) is 4.95. The van der Waals surface area contributed by atoms with E-state index < -0.39 is 0 Å². The van der Waals surface area contributed by atoms with E-state index in [1.807, 2.05) is 0 Å². The van der Waals surface area contributed by atoms with Crippen LogP contribution in [0.2, 0.25) is 0 Å². The van der Waals surface area contributed by atoms with Crippen LogP contribution in [-0.2, 0) is 20.9 Å². The first-order chi connectivity index (χ1) is 9.10. The van der Waals surface area contributed by atoms with Gasteiger partial charge in [0.2, 0.25) is 5.91 Å². The molecule has 1 saturated carbocycles. The van der Waals surface area contributed by atoms with E-state index in [4.69, 9.17) is 10.5 Å². The van der Waals surface area contributed by atoms with Gasteiger partial charge in [0, 0.05) is 12.2 Å². The molecule has 0 saturated heterocycles. The first kappa shape index (κ1) is 13.4. The van der Waals surface area contributed by atoms with E-state index in [2.05, 4.69) is 5.10 Å². The van der Waals surface area contributed by atoms with Gasteiger partial charge in [-0.15, -0.1) is 0 Å². The predicted molar refractivity (Wildman–Crippen MR) is 68.0 cm³/mol. The van der Waals surface area contributed by atoms with Gasteiger partial charge in [-0.1, -0.05) is 0 Å². The van der Waals surface area contributed by atoms with Gasteiger partial charge in [-0.05, 0) is 19.8 Å². The average Bonchev–Trinajstić information content (AvgIpc) is 3.11. The van der Waals surface area contributed by atoms with Crippen LogP contribution in [0.15, 0.2) is 12.4 Å². The molecule has 1 aliphatic carbocycles. The largest absolute Gasteiger partial charge is 0.465 e. The fraction of sp³-hybridized carbons (Fsp3) is 0.583. The Morgan fingerprint density at radius 3 is 2.84 bits per heavy atom. The summed E-state index contributed by atoms with van der Waals surface area (Å²) in [4.78, 5) is 25.2. The van der Waals surface area contributed by atoms with Gasteiger partial charge < -0.3 is 15.4 Å². The maximum Gasteiger partial charge on any atom is 0.325 e. The number of rotatable bonds is 6. The van der Waals surface area contributed by atoms with Crippen LogP contribution < -0.4 is 5.73 Å². The fourth-order valence-corrected chi connectivity index (χ4v) is 1.85. The zero-order valence-corrected chi connectivity index (χ0v) is 10.9. The van der Waals surface area contributed by atoms with Crippen molar-refractivity contribution >= 4 is 17.6 Å². The summed E-state index contributed by atoms with van der Waals surface area (Å²) in [7, 11) is 0. The Labute approximate surface area is 111 Å². The molecule has 7 nitrogen and oxygen atoms in total. The Kier molecular flexibility index (Phi) is 4.03. The van der Waals surface area contributed by atoms with Crippen LogP contribution in [0.25, 0.3) is 0 Å². The lowest BCUT2D eigenvalue weighted by Crippen LogP contribution is -2.40. The van der Waals surface area contributed by atoms with Crippen LogP contribution in [0.4, 0.5) is 5.69 Å². The molecule has 0 radical (unpaired) electrons. The molecule has 104 valence electrons. The fourth-order valence-electron chi connectivity index (χ4n) is 1.85. The summed E-state index contributed by atoms with van der Waals surface area (Å²) >= 11 is 0. The molecule has 1 aromatic heterocycles. The predicted octanol–water partition coefficient (Wildman–Crippen LogP) is 0.0194. The van der Waals surface area contributed by atoms with Crippen molar-refractivity contribution in [1.82, 2.24) is 14.7 Å². The number of esters is 1. The van der Waals surface area contributed by atoms with E-state index >= 15 is 0 Å². The third kappa shape index (κ3) is 3.70. The topological polar surface area (TPSA) is 90.5 Å². The SMILES string of the molecule is CCOC(=O)CN(C(=O)Cn1cc(N)cn1)C1CC1. The summed E-state index contributed by atoms with van der Waals surface area (Å²) in [5.74, 6) is -0.513. The lowest BCUT2D eigenvalue weighted by Gasteiger charge is -2.21. The number of carbonyl (C=O) groups is 2. The molecule has 1 aliphatic rings. The Bertz CT molecular complexity index is 467. The zero-order valence-electron chi connectivity index (χ0n) is 10.9. The molecular formula is C12H18N4O3. The van der Waals surface area contributed by atoms with Crippen molar-refractivity contribution in [3.05, 3.63) is 12.4 Å². The number of hydrogen-bond donors (Lipinski definition) is 1. The number of carbonyl (C=O) groups excluding carboxylic acids is 2. The molecule has 1 aromatic rings. The van der Waals surface area contributed by atoms with Crippen molar-refractivity contribution in [2.45, 2.75) is 32.4 Å². The molecule has 0 unspecified atom stereocenters. The van der Waals surface area contributed by atoms with Crippen LogP contribution in [0.1, 0.15) is 19.8 Å². The van der Waals surface area contributed by atoms with E-state index in [0.717, 1.165) is 12.8 Å². The Hall–Kier alpha value is -2.05. The molecule has 0 bridgehead atoms. The van der Waals surface area contributed by atoms with Crippen LogP contribution in [0.3, 0.4) is 0 Å². The van der Waals surface area contributed by atoms with E-state index in [0.29, 0.717) is 12.3 Å². The average molecular weight is 266 g/mol. The number of ether oxygens (including phenoxy) is 1. The summed E-state index contributed by atoms with van der Waals surface area (Å²) in [6.45, 7) is 2.16. The number of nitrogen functional groups attached to an aromatic ring is 1. The number of anilines is 1. The Morgan fingerprint density at radius 2 is 2.32 bits per heavy atom. The van der Waals surface area contributed by atoms with Crippen molar-refractivity contribution < 1.29 is 14.3 Å². The van der Waals surface area contributed by atoms with Crippen molar-refractivity contribution in [1.29, 1.82) is 0 Å². The molecule has 0 atom stereocenters. The van der Waals surface area contributed by atoms with Crippen molar-refractivity contribution in [3.63, 3.8) is 0 Å². The number of aromatic nitrogens is 2. The van der Waals surface area contributed by atoms with Crippen LogP contribution >= 0.6 is 0 Å². The number of amides is 1. The highest BCUT2D eigenvalue weighted by atomic mass is 16.5. The monoisotopic (exact) mass is 266 g/mol. The van der Waals surface area contributed by atoms with Crippen LogP contribution in [-0.4, -0.2) is 45.8 Å². The number of hydrogen-bond acceptors (Lipinski definition) is 5. The van der Waals surface area contributed by atoms with Gasteiger partial charge in [-0.2, -0.15) is 5.10 Å². The number of nitrogens with two attached hydrogens (primary N) is 1. The van der Waals surface area contributed by atoms with Crippen molar-refractivity contribution in [3.8, 4) is 0 Å². The van der Waals surface area contributed by atoms with Crippen molar-refractivity contribution in [2.24, 2.45) is 0 Å². The third-order valence-corrected chi connectivity index (χ3v) is 2.86. The van der Waals surface area contributed by atoms with Gasteiger partial charge in [-0.25, -0.2) is 0 Å². The van der Waals surface area contributed by atoms with Gasteiger partial charge in [-0.3, -0.25) is 14.3 Å². The van der Waals surface area contributed by atoms with Gasteiger partial charge in [0.05, 0.1) is 18.5 Å². The summed E-state index contributed by atoms with van der Waals surface area (Å²) in [6, 6.07) is 0.157. The summed E-state index contributed by atoms with van der Waals surface area (Å²) < 4.78 is 6.35. The third-order valence-electron chi connectivity index (χ3n) is 2.86. The van der Waals surface area contributed by atoms with Gasteiger partial charge >= 0.3 is 5.97 Å². The maximum absolute atomic E-state index is 12.2. The molecule has 1 fully saturated rings. The second kappa shape index (κ2) is 5.73. The second-order valence-corrected chi connectivity index (χ2v) is 4.53. The molecule has 1 amide bonds. The quantitative estimate of drug-likeness (QED) is 0.733. The van der Waals surface area contributed by atoms with Gasteiger partial charge in [0.15, 0.2) is 0 Å². The second-order valence-electron chi connectivity index (χ2n) is 4.53. The Morgan fingerprint density at radius 1 is 1.58 bits per heavy atom. The molecule has 19 heavy (non-hydrogen) atoms. The normalized spacial score (nSPS) is 14.2. The molecule has 0 aliphatic heterocycles. The summed E-state index contributed by atoms with van der Waals surface area (Å²) in [5, 5.41) is 3.96. The molecular weight excluding hydrogens is 248 g/mol. The highest BCUT2D eigenvalue weighted by Gasteiger charge is 2.34. The summed E-state index contributed by atoms with van der Waals surface area (Å²) in [5.41, 5.74) is 6.05. The van der Waals surface area contributed by atoms with Crippen LogP contribution in [0, 0.1) is 0 Å². The first-order valence-electron chi connectivity index (χ1n) is 6.33.